The minimum absolute atomic E-state index is 0.0675. The Bertz CT molecular complexity index is 474. The molecule has 2 unspecified atom stereocenters. The van der Waals surface area contributed by atoms with Crippen LogP contribution < -0.4 is 5.73 Å². The standard InChI is InChI=1S/C15H18N2O/c1-10-11-6-2-3-7-12(11)15(18)17(10)14-9-5-4-8-13(14)16/h2-3,6-7,13-14H,1,4-5,8-9,16H2. The first kappa shape index (κ1) is 11.5. The van der Waals surface area contributed by atoms with E-state index in [1.807, 2.05) is 29.2 Å². The van der Waals surface area contributed by atoms with Crippen molar-refractivity contribution in [2.24, 2.45) is 5.73 Å². The fourth-order valence-electron chi connectivity index (χ4n) is 3.11. The second kappa shape index (κ2) is 4.25. The average molecular weight is 242 g/mol. The summed E-state index contributed by atoms with van der Waals surface area (Å²) in [5, 5.41) is 0. The zero-order valence-electron chi connectivity index (χ0n) is 10.4. The van der Waals surface area contributed by atoms with Crippen LogP contribution >= 0.6 is 0 Å². The lowest BCUT2D eigenvalue weighted by Gasteiger charge is -2.36. The van der Waals surface area contributed by atoms with Gasteiger partial charge in [-0.15, -0.1) is 0 Å². The molecule has 1 heterocycles. The molecule has 18 heavy (non-hydrogen) atoms. The molecule has 0 bridgehead atoms. The summed E-state index contributed by atoms with van der Waals surface area (Å²) >= 11 is 0. The fourth-order valence-corrected chi connectivity index (χ4v) is 3.11. The minimum Gasteiger partial charge on any atom is -0.326 e. The molecule has 1 saturated carbocycles. The smallest absolute Gasteiger partial charge is 0.259 e. The van der Waals surface area contributed by atoms with E-state index < -0.39 is 0 Å². The molecule has 1 aliphatic heterocycles. The second-order valence-corrected chi connectivity index (χ2v) is 5.18. The Kier molecular flexibility index (Phi) is 2.71. The number of carbonyl (C=O) groups is 1. The Morgan fingerprint density at radius 1 is 1.17 bits per heavy atom. The van der Waals surface area contributed by atoms with Crippen LogP contribution in [0.5, 0.6) is 0 Å². The van der Waals surface area contributed by atoms with E-state index in [1.54, 1.807) is 0 Å². The molecule has 1 amide bonds. The molecule has 2 N–H and O–H groups in total. The van der Waals surface area contributed by atoms with Crippen LogP contribution in [-0.2, 0) is 0 Å². The average Bonchev–Trinajstić information content (AvgIpc) is 2.64. The highest BCUT2D eigenvalue weighted by Gasteiger charge is 2.38. The fraction of sp³-hybridized carbons (Fsp3) is 0.400. The lowest BCUT2D eigenvalue weighted by atomic mass is 9.89. The maximum absolute atomic E-state index is 12.5. The molecule has 1 aromatic carbocycles. The number of hydrogen-bond donors (Lipinski definition) is 1. The summed E-state index contributed by atoms with van der Waals surface area (Å²) in [6, 6.07) is 7.87. The number of amides is 1. The van der Waals surface area contributed by atoms with E-state index in [1.165, 1.54) is 6.42 Å². The Labute approximate surface area is 107 Å². The first-order valence-electron chi connectivity index (χ1n) is 6.57. The first-order chi connectivity index (χ1) is 8.70. The zero-order valence-corrected chi connectivity index (χ0v) is 10.4. The second-order valence-electron chi connectivity index (χ2n) is 5.18. The molecule has 0 radical (unpaired) electrons. The number of fused-ring (bicyclic) bond motifs is 1. The third-order valence-corrected chi connectivity index (χ3v) is 4.09. The van der Waals surface area contributed by atoms with Gasteiger partial charge in [0.05, 0.1) is 6.04 Å². The van der Waals surface area contributed by atoms with Crippen molar-refractivity contribution >= 4 is 11.6 Å². The summed E-state index contributed by atoms with van der Waals surface area (Å²) in [6.45, 7) is 4.09. The Balaban J connectivity index is 1.96. The lowest BCUT2D eigenvalue weighted by molar-refractivity contribution is 0.0759. The summed E-state index contributed by atoms with van der Waals surface area (Å²) in [5.41, 5.74) is 8.72. The van der Waals surface area contributed by atoms with Crippen molar-refractivity contribution in [1.82, 2.24) is 4.90 Å². The van der Waals surface area contributed by atoms with Crippen molar-refractivity contribution in [2.75, 3.05) is 0 Å². The molecule has 94 valence electrons. The van der Waals surface area contributed by atoms with Crippen LogP contribution in [0.25, 0.3) is 5.70 Å². The maximum Gasteiger partial charge on any atom is 0.259 e. The molecule has 3 rings (SSSR count). The normalized spacial score (nSPS) is 27.5. The van der Waals surface area contributed by atoms with Crippen molar-refractivity contribution in [3.05, 3.63) is 42.0 Å². The van der Waals surface area contributed by atoms with Crippen LogP contribution in [0.2, 0.25) is 0 Å². The van der Waals surface area contributed by atoms with Gasteiger partial charge in [-0.05, 0) is 18.9 Å². The third-order valence-electron chi connectivity index (χ3n) is 4.09. The number of rotatable bonds is 1. The Hall–Kier alpha value is -1.61. The van der Waals surface area contributed by atoms with Gasteiger partial charge in [-0.2, -0.15) is 0 Å². The molecule has 3 heteroatoms. The maximum atomic E-state index is 12.5. The van der Waals surface area contributed by atoms with Crippen molar-refractivity contribution in [2.45, 2.75) is 37.8 Å². The highest BCUT2D eigenvalue weighted by atomic mass is 16.2. The van der Waals surface area contributed by atoms with Crippen LogP contribution in [-0.4, -0.2) is 22.9 Å². The van der Waals surface area contributed by atoms with E-state index in [0.29, 0.717) is 0 Å². The topological polar surface area (TPSA) is 46.3 Å². The summed E-state index contributed by atoms with van der Waals surface area (Å²) < 4.78 is 0. The quantitative estimate of drug-likeness (QED) is 0.822. The summed E-state index contributed by atoms with van der Waals surface area (Å²) in [7, 11) is 0. The van der Waals surface area contributed by atoms with Crippen molar-refractivity contribution < 1.29 is 4.79 Å². The van der Waals surface area contributed by atoms with Crippen molar-refractivity contribution in [3.8, 4) is 0 Å². The van der Waals surface area contributed by atoms with Crippen LogP contribution in [0.3, 0.4) is 0 Å². The van der Waals surface area contributed by atoms with Crippen molar-refractivity contribution in [3.63, 3.8) is 0 Å². The molecule has 0 spiro atoms. The predicted octanol–water partition coefficient (Wildman–Crippen LogP) is 2.38. The van der Waals surface area contributed by atoms with Crippen LogP contribution in [0.1, 0.15) is 41.6 Å². The van der Waals surface area contributed by atoms with Gasteiger partial charge in [-0.3, -0.25) is 4.79 Å². The molecule has 1 fully saturated rings. The summed E-state index contributed by atoms with van der Waals surface area (Å²) in [6.07, 6.45) is 4.29. The molecule has 0 aromatic heterocycles. The molecular weight excluding hydrogens is 224 g/mol. The van der Waals surface area contributed by atoms with Gasteiger partial charge in [0.25, 0.3) is 5.91 Å². The number of carbonyl (C=O) groups excluding carboxylic acids is 1. The highest BCUT2D eigenvalue weighted by Crippen LogP contribution is 2.36. The number of hydrogen-bond acceptors (Lipinski definition) is 2. The number of nitrogens with zero attached hydrogens (tertiary/aromatic N) is 1. The van der Waals surface area contributed by atoms with E-state index in [0.717, 1.165) is 36.1 Å². The van der Waals surface area contributed by atoms with E-state index in [9.17, 15) is 4.79 Å². The lowest BCUT2D eigenvalue weighted by Crippen LogP contribution is -2.49. The van der Waals surface area contributed by atoms with Gasteiger partial charge in [0.1, 0.15) is 0 Å². The van der Waals surface area contributed by atoms with Gasteiger partial charge in [0, 0.05) is 22.9 Å². The number of nitrogens with two attached hydrogens (primary N) is 1. The third kappa shape index (κ3) is 1.58. The van der Waals surface area contributed by atoms with Crippen LogP contribution in [0.15, 0.2) is 30.8 Å². The highest BCUT2D eigenvalue weighted by molar-refractivity contribution is 6.09. The van der Waals surface area contributed by atoms with E-state index >= 15 is 0 Å². The minimum atomic E-state index is 0.0675. The van der Waals surface area contributed by atoms with Gasteiger partial charge >= 0.3 is 0 Å². The van der Waals surface area contributed by atoms with Crippen LogP contribution in [0, 0.1) is 0 Å². The van der Waals surface area contributed by atoms with Crippen molar-refractivity contribution in [1.29, 1.82) is 0 Å². The predicted molar refractivity (Wildman–Crippen MR) is 71.9 cm³/mol. The van der Waals surface area contributed by atoms with Gasteiger partial charge in [-0.25, -0.2) is 0 Å². The summed E-state index contributed by atoms with van der Waals surface area (Å²) in [5.74, 6) is 0.0675. The summed E-state index contributed by atoms with van der Waals surface area (Å²) in [4.78, 5) is 14.3. The van der Waals surface area contributed by atoms with E-state index in [2.05, 4.69) is 6.58 Å². The molecule has 1 aliphatic carbocycles. The molecule has 3 nitrogen and oxygen atoms in total. The van der Waals surface area contributed by atoms with E-state index in [4.69, 9.17) is 5.73 Å². The number of benzene rings is 1. The Morgan fingerprint density at radius 2 is 1.83 bits per heavy atom. The Morgan fingerprint density at radius 3 is 2.50 bits per heavy atom. The molecule has 2 aliphatic rings. The first-order valence-corrected chi connectivity index (χ1v) is 6.57. The molecule has 2 atom stereocenters. The van der Waals surface area contributed by atoms with Gasteiger partial charge in [-0.1, -0.05) is 37.6 Å². The zero-order chi connectivity index (χ0) is 12.7. The molecule has 0 saturated heterocycles. The van der Waals surface area contributed by atoms with Gasteiger partial charge in [0.15, 0.2) is 0 Å². The monoisotopic (exact) mass is 242 g/mol. The molecule has 1 aromatic rings. The molecular formula is C15H18N2O. The van der Waals surface area contributed by atoms with Gasteiger partial charge in [0.2, 0.25) is 0 Å². The van der Waals surface area contributed by atoms with Crippen LogP contribution in [0.4, 0.5) is 0 Å². The van der Waals surface area contributed by atoms with E-state index in [-0.39, 0.29) is 18.0 Å². The largest absolute Gasteiger partial charge is 0.326 e. The van der Waals surface area contributed by atoms with Gasteiger partial charge < -0.3 is 10.6 Å². The SMILES string of the molecule is C=C1c2ccccc2C(=O)N1C1CCCCC1N.